The molecule has 1 rings (SSSR count). The number of hydrogen-bond acceptors (Lipinski definition) is 5. The van der Waals surface area contributed by atoms with E-state index in [0.29, 0.717) is 18.8 Å². The molecule has 0 fully saturated rings. The Morgan fingerprint density at radius 2 is 2.47 bits per heavy atom. The van der Waals surface area contributed by atoms with Gasteiger partial charge in [0.1, 0.15) is 11.5 Å². The SMILES string of the molecule is CCN(CC(C)C(N)=NO)C(=O)c1cscn1. The minimum atomic E-state index is -0.192. The van der Waals surface area contributed by atoms with E-state index in [1.54, 1.807) is 22.7 Å². The molecule has 3 N–H and O–H groups in total. The van der Waals surface area contributed by atoms with E-state index in [4.69, 9.17) is 10.9 Å². The topological polar surface area (TPSA) is 91.8 Å². The van der Waals surface area contributed by atoms with E-state index >= 15 is 0 Å². The number of thiazole rings is 1. The number of nitrogens with two attached hydrogens (primary N) is 1. The van der Waals surface area contributed by atoms with E-state index in [0.717, 1.165) is 0 Å². The molecule has 0 aliphatic heterocycles. The number of oxime groups is 1. The predicted molar refractivity (Wildman–Crippen MR) is 66.3 cm³/mol. The number of rotatable bonds is 5. The van der Waals surface area contributed by atoms with Crippen molar-refractivity contribution in [2.45, 2.75) is 13.8 Å². The van der Waals surface area contributed by atoms with Gasteiger partial charge in [-0.2, -0.15) is 0 Å². The van der Waals surface area contributed by atoms with Crippen LogP contribution in [0.2, 0.25) is 0 Å². The number of carbonyl (C=O) groups excluding carboxylic acids is 1. The van der Waals surface area contributed by atoms with Crippen LogP contribution in [0, 0.1) is 5.92 Å². The molecule has 0 saturated carbocycles. The first-order chi connectivity index (χ1) is 8.10. The standard InChI is InChI=1S/C10H16N4O2S/c1-3-14(4-7(2)9(11)13-16)10(15)8-5-17-6-12-8/h5-7,16H,3-4H2,1-2H3,(H2,11,13). The molecule has 0 radical (unpaired) electrons. The van der Waals surface area contributed by atoms with Crippen LogP contribution in [-0.4, -0.2) is 39.9 Å². The molecule has 6 nitrogen and oxygen atoms in total. The van der Waals surface area contributed by atoms with Gasteiger partial charge in [-0.1, -0.05) is 12.1 Å². The molecular formula is C10H16N4O2S. The highest BCUT2D eigenvalue weighted by molar-refractivity contribution is 7.07. The van der Waals surface area contributed by atoms with E-state index in [2.05, 4.69) is 10.1 Å². The highest BCUT2D eigenvalue weighted by Crippen LogP contribution is 2.08. The fraction of sp³-hybridized carbons (Fsp3) is 0.500. The Hall–Kier alpha value is -1.63. The second-order valence-electron chi connectivity index (χ2n) is 3.64. The first kappa shape index (κ1) is 13.4. The van der Waals surface area contributed by atoms with Gasteiger partial charge in [0.2, 0.25) is 0 Å². The molecule has 7 heteroatoms. The highest BCUT2D eigenvalue weighted by Gasteiger charge is 2.19. The van der Waals surface area contributed by atoms with Gasteiger partial charge in [-0.05, 0) is 6.92 Å². The molecule has 1 amide bonds. The number of carbonyl (C=O) groups is 1. The van der Waals surface area contributed by atoms with Crippen molar-refractivity contribution >= 4 is 23.1 Å². The largest absolute Gasteiger partial charge is 0.409 e. The van der Waals surface area contributed by atoms with Crippen LogP contribution in [-0.2, 0) is 0 Å². The molecule has 0 aliphatic rings. The summed E-state index contributed by atoms with van der Waals surface area (Å²) in [5.41, 5.74) is 7.54. The lowest BCUT2D eigenvalue weighted by Crippen LogP contribution is -2.38. The van der Waals surface area contributed by atoms with Gasteiger partial charge in [-0.15, -0.1) is 11.3 Å². The zero-order valence-corrected chi connectivity index (χ0v) is 10.6. The normalized spacial score (nSPS) is 13.4. The van der Waals surface area contributed by atoms with E-state index < -0.39 is 0 Å². The molecule has 1 aromatic heterocycles. The summed E-state index contributed by atoms with van der Waals surface area (Å²) >= 11 is 1.38. The number of nitrogens with zero attached hydrogens (tertiary/aromatic N) is 3. The van der Waals surface area contributed by atoms with Crippen molar-refractivity contribution in [3.8, 4) is 0 Å². The molecule has 1 aromatic rings. The van der Waals surface area contributed by atoms with Crippen LogP contribution in [0.1, 0.15) is 24.3 Å². The van der Waals surface area contributed by atoms with Crippen LogP contribution < -0.4 is 5.73 Å². The molecule has 0 aromatic carbocycles. The quantitative estimate of drug-likeness (QED) is 0.355. The van der Waals surface area contributed by atoms with Crippen molar-refractivity contribution in [2.75, 3.05) is 13.1 Å². The Morgan fingerprint density at radius 3 is 2.94 bits per heavy atom. The lowest BCUT2D eigenvalue weighted by molar-refractivity contribution is 0.0748. The maximum absolute atomic E-state index is 12.0. The van der Waals surface area contributed by atoms with Gasteiger partial charge in [-0.25, -0.2) is 4.98 Å². The van der Waals surface area contributed by atoms with E-state index in [-0.39, 0.29) is 17.7 Å². The summed E-state index contributed by atoms with van der Waals surface area (Å²) in [6.45, 7) is 4.64. The van der Waals surface area contributed by atoms with Crippen molar-refractivity contribution in [1.29, 1.82) is 0 Å². The highest BCUT2D eigenvalue weighted by atomic mass is 32.1. The number of amides is 1. The molecule has 0 aliphatic carbocycles. The fourth-order valence-corrected chi connectivity index (χ4v) is 1.88. The molecule has 0 bridgehead atoms. The fourth-order valence-electron chi connectivity index (χ4n) is 1.36. The van der Waals surface area contributed by atoms with E-state index in [9.17, 15) is 4.79 Å². The number of amidine groups is 1. The monoisotopic (exact) mass is 256 g/mol. The molecule has 94 valence electrons. The lowest BCUT2D eigenvalue weighted by atomic mass is 10.1. The third-order valence-corrected chi connectivity index (χ3v) is 3.02. The third kappa shape index (κ3) is 3.42. The molecule has 0 spiro atoms. The molecule has 1 unspecified atom stereocenters. The van der Waals surface area contributed by atoms with Crippen LogP contribution in [0.4, 0.5) is 0 Å². The van der Waals surface area contributed by atoms with Crippen molar-refractivity contribution in [2.24, 2.45) is 16.8 Å². The molecule has 1 atom stereocenters. The minimum absolute atomic E-state index is 0.120. The Kier molecular flexibility index (Phi) is 4.89. The van der Waals surface area contributed by atoms with Crippen LogP contribution in [0.3, 0.4) is 0 Å². The predicted octanol–water partition coefficient (Wildman–Crippen LogP) is 0.988. The van der Waals surface area contributed by atoms with Crippen molar-refractivity contribution in [1.82, 2.24) is 9.88 Å². The maximum Gasteiger partial charge on any atom is 0.273 e. The van der Waals surface area contributed by atoms with Crippen LogP contribution in [0.5, 0.6) is 0 Å². The molecule has 17 heavy (non-hydrogen) atoms. The molecular weight excluding hydrogens is 240 g/mol. The van der Waals surface area contributed by atoms with Gasteiger partial charge in [-0.3, -0.25) is 4.79 Å². The summed E-state index contributed by atoms with van der Waals surface area (Å²) < 4.78 is 0. The Morgan fingerprint density at radius 1 is 1.76 bits per heavy atom. The van der Waals surface area contributed by atoms with Gasteiger partial charge >= 0.3 is 0 Å². The zero-order chi connectivity index (χ0) is 12.8. The number of aromatic nitrogens is 1. The number of hydrogen-bond donors (Lipinski definition) is 2. The minimum Gasteiger partial charge on any atom is -0.409 e. The van der Waals surface area contributed by atoms with Crippen molar-refractivity contribution in [3.63, 3.8) is 0 Å². The van der Waals surface area contributed by atoms with Gasteiger partial charge in [0.05, 0.1) is 5.51 Å². The Balaban J connectivity index is 2.69. The van der Waals surface area contributed by atoms with Gasteiger partial charge in [0.15, 0.2) is 0 Å². The second-order valence-corrected chi connectivity index (χ2v) is 4.36. The first-order valence-corrected chi connectivity index (χ1v) is 6.19. The summed E-state index contributed by atoms with van der Waals surface area (Å²) in [5.74, 6) is -0.205. The van der Waals surface area contributed by atoms with Gasteiger partial charge < -0.3 is 15.8 Å². The summed E-state index contributed by atoms with van der Waals surface area (Å²) in [6, 6.07) is 0. The molecule has 0 saturated heterocycles. The Labute approximate surface area is 104 Å². The summed E-state index contributed by atoms with van der Waals surface area (Å²) in [5, 5.41) is 13.2. The average Bonchev–Trinajstić information content (AvgIpc) is 2.87. The smallest absolute Gasteiger partial charge is 0.273 e. The van der Waals surface area contributed by atoms with Gasteiger partial charge in [0, 0.05) is 24.4 Å². The summed E-state index contributed by atoms with van der Waals surface area (Å²) in [4.78, 5) is 17.6. The lowest BCUT2D eigenvalue weighted by Gasteiger charge is -2.23. The average molecular weight is 256 g/mol. The van der Waals surface area contributed by atoms with E-state index in [1.807, 2.05) is 6.92 Å². The van der Waals surface area contributed by atoms with Crippen LogP contribution >= 0.6 is 11.3 Å². The Bertz CT molecular complexity index is 391. The van der Waals surface area contributed by atoms with E-state index in [1.165, 1.54) is 11.3 Å². The maximum atomic E-state index is 12.0. The van der Waals surface area contributed by atoms with Crippen LogP contribution in [0.15, 0.2) is 16.0 Å². The van der Waals surface area contributed by atoms with Crippen LogP contribution in [0.25, 0.3) is 0 Å². The van der Waals surface area contributed by atoms with Crippen molar-refractivity contribution < 1.29 is 10.0 Å². The second kappa shape index (κ2) is 6.19. The first-order valence-electron chi connectivity index (χ1n) is 5.25. The summed E-state index contributed by atoms with van der Waals surface area (Å²) in [6.07, 6.45) is 0. The zero-order valence-electron chi connectivity index (χ0n) is 9.83. The van der Waals surface area contributed by atoms with Gasteiger partial charge in [0.25, 0.3) is 5.91 Å². The summed E-state index contributed by atoms with van der Waals surface area (Å²) in [7, 11) is 0. The molecule has 1 heterocycles. The third-order valence-electron chi connectivity index (χ3n) is 2.43. The van der Waals surface area contributed by atoms with Crippen molar-refractivity contribution in [3.05, 3.63) is 16.6 Å².